The normalized spacial score (nSPS) is 10.6. The van der Waals surface area contributed by atoms with Crippen molar-refractivity contribution in [1.82, 2.24) is 4.90 Å². The van der Waals surface area contributed by atoms with Crippen molar-refractivity contribution in [3.8, 4) is 0 Å². The van der Waals surface area contributed by atoms with Crippen molar-refractivity contribution in [2.75, 3.05) is 13.1 Å². The molecule has 20 heavy (non-hydrogen) atoms. The lowest BCUT2D eigenvalue weighted by Gasteiger charge is -2.23. The van der Waals surface area contributed by atoms with Crippen LogP contribution in [0.15, 0.2) is 12.2 Å². The topological polar surface area (TPSA) is 20.3 Å². The molecule has 0 aliphatic heterocycles. The van der Waals surface area contributed by atoms with Gasteiger partial charge >= 0.3 is 0 Å². The van der Waals surface area contributed by atoms with E-state index in [4.69, 9.17) is 0 Å². The number of hydrogen-bond acceptors (Lipinski definition) is 1. The van der Waals surface area contributed by atoms with Gasteiger partial charge in [0.1, 0.15) is 0 Å². The molecule has 2 nitrogen and oxygen atoms in total. The van der Waals surface area contributed by atoms with E-state index < -0.39 is 0 Å². The van der Waals surface area contributed by atoms with Crippen LogP contribution in [0.5, 0.6) is 0 Å². The van der Waals surface area contributed by atoms with Gasteiger partial charge in [0.05, 0.1) is 0 Å². The molecule has 1 amide bonds. The van der Waals surface area contributed by atoms with Gasteiger partial charge < -0.3 is 4.90 Å². The van der Waals surface area contributed by atoms with E-state index in [1.165, 1.54) is 38.5 Å². The summed E-state index contributed by atoms with van der Waals surface area (Å²) < 4.78 is 0. The molecule has 0 aliphatic carbocycles. The molecule has 0 aromatic carbocycles. The number of unbranched alkanes of at least 4 members (excludes halogenated alkanes) is 6. The van der Waals surface area contributed by atoms with E-state index >= 15 is 0 Å². The Morgan fingerprint density at radius 3 is 1.70 bits per heavy atom. The lowest BCUT2D eigenvalue weighted by molar-refractivity contribution is -0.127. The third kappa shape index (κ3) is 9.17. The van der Waals surface area contributed by atoms with Crippen molar-refractivity contribution in [1.29, 1.82) is 0 Å². The summed E-state index contributed by atoms with van der Waals surface area (Å²) in [4.78, 5) is 14.5. The fraction of sp³-hybridized carbons (Fsp3) is 0.833. The van der Waals surface area contributed by atoms with Gasteiger partial charge in [0.2, 0.25) is 5.91 Å². The first kappa shape index (κ1) is 19.2. The summed E-state index contributed by atoms with van der Waals surface area (Å²) in [5, 5.41) is 0. The van der Waals surface area contributed by atoms with Crippen molar-refractivity contribution in [3.05, 3.63) is 12.2 Å². The van der Waals surface area contributed by atoms with E-state index in [0.717, 1.165) is 44.3 Å². The van der Waals surface area contributed by atoms with Crippen molar-refractivity contribution >= 4 is 5.91 Å². The molecular formula is C18H35NO. The summed E-state index contributed by atoms with van der Waals surface area (Å²) in [7, 11) is 0. The molecule has 0 rings (SSSR count). The highest BCUT2D eigenvalue weighted by molar-refractivity contribution is 5.92. The van der Waals surface area contributed by atoms with Crippen LogP contribution in [-0.2, 0) is 4.79 Å². The Labute approximate surface area is 126 Å². The zero-order valence-corrected chi connectivity index (χ0v) is 14.0. The van der Waals surface area contributed by atoms with Gasteiger partial charge in [0, 0.05) is 18.7 Å². The van der Waals surface area contributed by atoms with Crippen molar-refractivity contribution in [2.45, 2.75) is 85.0 Å². The average Bonchev–Trinajstić information content (AvgIpc) is 2.45. The van der Waals surface area contributed by atoms with E-state index in [0.29, 0.717) is 0 Å². The number of nitrogens with zero attached hydrogens (tertiary/aromatic N) is 1. The molecule has 0 spiro atoms. The van der Waals surface area contributed by atoms with Gasteiger partial charge in [-0.25, -0.2) is 0 Å². The zero-order valence-electron chi connectivity index (χ0n) is 14.0. The Bertz CT molecular complexity index is 250. The summed E-state index contributed by atoms with van der Waals surface area (Å²) in [6.07, 6.45) is 11.4. The smallest absolute Gasteiger partial charge is 0.249 e. The highest BCUT2D eigenvalue weighted by Crippen LogP contribution is 2.12. The van der Waals surface area contributed by atoms with E-state index in [2.05, 4.69) is 27.4 Å². The summed E-state index contributed by atoms with van der Waals surface area (Å²) >= 11 is 0. The molecule has 0 radical (unpaired) electrons. The molecule has 0 aromatic rings. The van der Waals surface area contributed by atoms with Crippen molar-refractivity contribution in [3.63, 3.8) is 0 Å². The average molecular weight is 281 g/mol. The predicted octanol–water partition coefficient (Wildman–Crippen LogP) is 5.33. The number of rotatable bonds is 13. The second kappa shape index (κ2) is 13.2. The highest BCUT2D eigenvalue weighted by atomic mass is 16.2. The third-order valence-corrected chi connectivity index (χ3v) is 3.73. The van der Waals surface area contributed by atoms with Crippen LogP contribution in [0, 0.1) is 0 Å². The molecule has 0 fully saturated rings. The Morgan fingerprint density at radius 1 is 0.800 bits per heavy atom. The molecule has 0 heterocycles. The standard InChI is InChI=1S/C18H35NO/c1-5-8-11-14-17(4)18(20)19(15-12-9-6-2)16-13-10-7-3/h4-16H2,1-3H3. The van der Waals surface area contributed by atoms with Crippen LogP contribution in [0.1, 0.15) is 85.0 Å². The van der Waals surface area contributed by atoms with Crippen LogP contribution >= 0.6 is 0 Å². The molecule has 0 saturated carbocycles. The van der Waals surface area contributed by atoms with Crippen molar-refractivity contribution in [2.24, 2.45) is 0 Å². The molecule has 0 aliphatic rings. The van der Waals surface area contributed by atoms with E-state index in [9.17, 15) is 4.79 Å². The lowest BCUT2D eigenvalue weighted by atomic mass is 10.1. The minimum Gasteiger partial charge on any atom is -0.339 e. The zero-order chi connectivity index (χ0) is 15.2. The first-order valence-electron chi connectivity index (χ1n) is 8.64. The maximum Gasteiger partial charge on any atom is 0.249 e. The number of carbonyl (C=O) groups is 1. The second-order valence-electron chi connectivity index (χ2n) is 5.77. The minimum atomic E-state index is 0.202. The van der Waals surface area contributed by atoms with E-state index in [-0.39, 0.29) is 5.91 Å². The number of carbonyl (C=O) groups excluding carboxylic acids is 1. The Balaban J connectivity index is 4.24. The summed E-state index contributed by atoms with van der Waals surface area (Å²) in [5.74, 6) is 0.202. The van der Waals surface area contributed by atoms with Gasteiger partial charge in [0.15, 0.2) is 0 Å². The molecule has 0 N–H and O–H groups in total. The lowest BCUT2D eigenvalue weighted by Crippen LogP contribution is -2.33. The van der Waals surface area contributed by atoms with Gasteiger partial charge in [-0.2, -0.15) is 0 Å². The minimum absolute atomic E-state index is 0.202. The fourth-order valence-corrected chi connectivity index (χ4v) is 2.34. The molecule has 0 unspecified atom stereocenters. The summed E-state index contributed by atoms with van der Waals surface area (Å²) in [6, 6.07) is 0. The summed E-state index contributed by atoms with van der Waals surface area (Å²) in [6.45, 7) is 12.4. The second-order valence-corrected chi connectivity index (χ2v) is 5.77. The maximum atomic E-state index is 12.5. The highest BCUT2D eigenvalue weighted by Gasteiger charge is 2.15. The molecule has 2 heteroatoms. The fourth-order valence-electron chi connectivity index (χ4n) is 2.34. The SMILES string of the molecule is C=C(CCCCC)C(=O)N(CCCCC)CCCCC. The van der Waals surface area contributed by atoms with Crippen LogP contribution in [0.4, 0.5) is 0 Å². The summed E-state index contributed by atoms with van der Waals surface area (Å²) in [5.41, 5.74) is 0.812. The third-order valence-electron chi connectivity index (χ3n) is 3.73. The largest absolute Gasteiger partial charge is 0.339 e. The van der Waals surface area contributed by atoms with Gasteiger partial charge in [-0.15, -0.1) is 0 Å². The van der Waals surface area contributed by atoms with Crippen LogP contribution in [0.2, 0.25) is 0 Å². The maximum absolute atomic E-state index is 12.5. The van der Waals surface area contributed by atoms with Gasteiger partial charge in [-0.3, -0.25) is 4.79 Å². The Kier molecular flexibility index (Phi) is 12.7. The Hall–Kier alpha value is -0.790. The molecule has 118 valence electrons. The molecule has 0 bridgehead atoms. The van der Waals surface area contributed by atoms with E-state index in [1.807, 2.05) is 4.90 Å². The molecular weight excluding hydrogens is 246 g/mol. The predicted molar refractivity (Wildman–Crippen MR) is 88.9 cm³/mol. The van der Waals surface area contributed by atoms with Crippen molar-refractivity contribution < 1.29 is 4.79 Å². The first-order chi connectivity index (χ1) is 9.67. The molecule has 0 atom stereocenters. The van der Waals surface area contributed by atoms with Crippen LogP contribution in [0.25, 0.3) is 0 Å². The van der Waals surface area contributed by atoms with Gasteiger partial charge in [-0.05, 0) is 25.7 Å². The first-order valence-corrected chi connectivity index (χ1v) is 8.64. The molecule has 0 saturated heterocycles. The van der Waals surface area contributed by atoms with E-state index in [1.54, 1.807) is 0 Å². The van der Waals surface area contributed by atoms with Crippen LogP contribution in [0.3, 0.4) is 0 Å². The van der Waals surface area contributed by atoms with Gasteiger partial charge in [-0.1, -0.05) is 65.9 Å². The number of amides is 1. The Morgan fingerprint density at radius 2 is 1.25 bits per heavy atom. The quantitative estimate of drug-likeness (QED) is 0.330. The molecule has 0 aromatic heterocycles. The van der Waals surface area contributed by atoms with Gasteiger partial charge in [0.25, 0.3) is 0 Å². The number of hydrogen-bond donors (Lipinski definition) is 0. The van der Waals surface area contributed by atoms with Crippen LogP contribution in [-0.4, -0.2) is 23.9 Å². The van der Waals surface area contributed by atoms with Crippen LogP contribution < -0.4 is 0 Å². The monoisotopic (exact) mass is 281 g/mol.